The number of amides is 1. The lowest BCUT2D eigenvalue weighted by atomic mass is 10.0. The zero-order valence-corrected chi connectivity index (χ0v) is 15.5. The summed E-state index contributed by atoms with van der Waals surface area (Å²) in [6.45, 7) is 9.04. The van der Waals surface area contributed by atoms with Crippen molar-refractivity contribution >= 4 is 5.91 Å². The van der Waals surface area contributed by atoms with Crippen molar-refractivity contribution in [1.29, 1.82) is 0 Å². The van der Waals surface area contributed by atoms with Gasteiger partial charge in [0, 0.05) is 37.8 Å². The van der Waals surface area contributed by atoms with Crippen LogP contribution in [0.2, 0.25) is 0 Å². The quantitative estimate of drug-likeness (QED) is 0.802. The second-order valence-corrected chi connectivity index (χ2v) is 6.58. The summed E-state index contributed by atoms with van der Waals surface area (Å²) in [5.41, 5.74) is 0.643. The average Bonchev–Trinajstić information content (AvgIpc) is 2.61. The van der Waals surface area contributed by atoms with Crippen LogP contribution < -0.4 is 9.47 Å². The molecular formula is C19H30N2O3. The molecule has 0 atom stereocenters. The molecule has 1 aliphatic heterocycles. The van der Waals surface area contributed by atoms with Gasteiger partial charge >= 0.3 is 0 Å². The predicted octanol–water partition coefficient (Wildman–Crippen LogP) is 3.04. The molecule has 0 bridgehead atoms. The highest BCUT2D eigenvalue weighted by molar-refractivity contribution is 5.95. The van der Waals surface area contributed by atoms with Crippen molar-refractivity contribution in [2.75, 3.05) is 33.9 Å². The summed E-state index contributed by atoms with van der Waals surface area (Å²) in [4.78, 5) is 17.2. The molecule has 1 fully saturated rings. The van der Waals surface area contributed by atoms with Crippen LogP contribution in [0.4, 0.5) is 0 Å². The average molecular weight is 334 g/mol. The second kappa shape index (κ2) is 8.38. The van der Waals surface area contributed by atoms with Crippen LogP contribution in [0.1, 0.15) is 44.0 Å². The minimum atomic E-state index is 0.0411. The van der Waals surface area contributed by atoms with Crippen LogP contribution in [0.5, 0.6) is 11.5 Å². The van der Waals surface area contributed by atoms with Gasteiger partial charge in [0.25, 0.3) is 5.91 Å². The summed E-state index contributed by atoms with van der Waals surface area (Å²) in [5, 5.41) is 0. The number of nitrogens with zero attached hydrogens (tertiary/aromatic N) is 2. The van der Waals surface area contributed by atoms with E-state index in [1.807, 2.05) is 31.0 Å². The zero-order valence-electron chi connectivity index (χ0n) is 15.5. The van der Waals surface area contributed by atoms with E-state index in [1.54, 1.807) is 13.2 Å². The Labute approximate surface area is 145 Å². The fraction of sp³-hybridized carbons (Fsp3) is 0.632. The topological polar surface area (TPSA) is 42.0 Å². The standard InChI is InChI=1S/C19H30N2O3/c1-6-24-17-8-7-15(13-18(17)23-5)19(22)20(4)16-9-11-21(12-10-16)14(2)3/h7-8,13-14,16H,6,9-12H2,1-5H3. The highest BCUT2D eigenvalue weighted by atomic mass is 16.5. The van der Waals surface area contributed by atoms with Gasteiger partial charge in [-0.25, -0.2) is 0 Å². The van der Waals surface area contributed by atoms with Crippen LogP contribution in [0, 0.1) is 0 Å². The molecule has 0 radical (unpaired) electrons. The number of ether oxygens (including phenoxy) is 2. The summed E-state index contributed by atoms with van der Waals surface area (Å²) in [5.74, 6) is 1.31. The molecule has 1 heterocycles. The molecule has 0 aliphatic carbocycles. The molecule has 1 aliphatic rings. The Balaban J connectivity index is 2.05. The van der Waals surface area contributed by atoms with Crippen molar-refractivity contribution in [2.45, 2.75) is 45.7 Å². The maximum absolute atomic E-state index is 12.8. The number of hydrogen-bond donors (Lipinski definition) is 0. The molecule has 5 heteroatoms. The van der Waals surface area contributed by atoms with Gasteiger partial charge in [0.15, 0.2) is 11.5 Å². The van der Waals surface area contributed by atoms with Gasteiger partial charge in [-0.1, -0.05) is 0 Å². The van der Waals surface area contributed by atoms with Crippen LogP contribution >= 0.6 is 0 Å². The van der Waals surface area contributed by atoms with E-state index in [9.17, 15) is 4.79 Å². The third-order valence-corrected chi connectivity index (χ3v) is 4.81. The van der Waals surface area contributed by atoms with E-state index in [-0.39, 0.29) is 5.91 Å². The van der Waals surface area contributed by atoms with Crippen LogP contribution in [0.3, 0.4) is 0 Å². The molecule has 0 aromatic heterocycles. The number of likely N-dealkylation sites (tertiary alicyclic amines) is 1. The molecule has 1 aromatic rings. The first-order chi connectivity index (χ1) is 11.5. The molecular weight excluding hydrogens is 304 g/mol. The van der Waals surface area contributed by atoms with Gasteiger partial charge in [-0.15, -0.1) is 0 Å². The molecule has 0 spiro atoms. The van der Waals surface area contributed by atoms with Gasteiger partial charge in [0.2, 0.25) is 0 Å². The Kier molecular flexibility index (Phi) is 6.49. The molecule has 0 saturated carbocycles. The lowest BCUT2D eigenvalue weighted by Gasteiger charge is -2.38. The fourth-order valence-corrected chi connectivity index (χ4v) is 3.23. The Morgan fingerprint density at radius 2 is 1.96 bits per heavy atom. The third-order valence-electron chi connectivity index (χ3n) is 4.81. The predicted molar refractivity (Wildman–Crippen MR) is 96.0 cm³/mol. The lowest BCUT2D eigenvalue weighted by molar-refractivity contribution is 0.0615. The maximum Gasteiger partial charge on any atom is 0.253 e. The molecule has 134 valence electrons. The lowest BCUT2D eigenvalue weighted by Crippen LogP contribution is -2.47. The molecule has 1 saturated heterocycles. The monoisotopic (exact) mass is 334 g/mol. The molecule has 1 amide bonds. The minimum absolute atomic E-state index is 0.0411. The van der Waals surface area contributed by atoms with Crippen molar-refractivity contribution in [2.24, 2.45) is 0 Å². The van der Waals surface area contributed by atoms with Gasteiger partial charge in [0.1, 0.15) is 0 Å². The van der Waals surface area contributed by atoms with Crippen LogP contribution in [0.15, 0.2) is 18.2 Å². The van der Waals surface area contributed by atoms with Gasteiger partial charge in [-0.3, -0.25) is 4.79 Å². The number of benzene rings is 1. The normalized spacial score (nSPS) is 16.2. The van der Waals surface area contributed by atoms with Gasteiger partial charge in [-0.05, 0) is 51.8 Å². The van der Waals surface area contributed by atoms with Gasteiger partial charge in [0.05, 0.1) is 13.7 Å². The third kappa shape index (κ3) is 4.20. The summed E-state index contributed by atoms with van der Waals surface area (Å²) < 4.78 is 10.9. The van der Waals surface area contributed by atoms with Crippen LogP contribution in [-0.4, -0.2) is 61.6 Å². The number of carbonyl (C=O) groups excluding carboxylic acids is 1. The number of hydrogen-bond acceptors (Lipinski definition) is 4. The van der Waals surface area contributed by atoms with Crippen molar-refractivity contribution in [3.8, 4) is 11.5 Å². The summed E-state index contributed by atoms with van der Waals surface area (Å²) >= 11 is 0. The summed E-state index contributed by atoms with van der Waals surface area (Å²) in [6.07, 6.45) is 2.04. The molecule has 1 aromatic carbocycles. The maximum atomic E-state index is 12.8. The van der Waals surface area contributed by atoms with E-state index < -0.39 is 0 Å². The molecule has 2 rings (SSSR count). The Hall–Kier alpha value is -1.75. The van der Waals surface area contributed by atoms with Crippen LogP contribution in [0.25, 0.3) is 0 Å². The van der Waals surface area contributed by atoms with E-state index >= 15 is 0 Å². The number of rotatable bonds is 6. The minimum Gasteiger partial charge on any atom is -0.493 e. The Morgan fingerprint density at radius 1 is 1.29 bits per heavy atom. The first kappa shape index (κ1) is 18.6. The largest absolute Gasteiger partial charge is 0.493 e. The van der Waals surface area contributed by atoms with Crippen molar-refractivity contribution < 1.29 is 14.3 Å². The highest BCUT2D eigenvalue weighted by Crippen LogP contribution is 2.29. The molecule has 0 unspecified atom stereocenters. The highest BCUT2D eigenvalue weighted by Gasteiger charge is 2.27. The Morgan fingerprint density at radius 3 is 2.50 bits per heavy atom. The summed E-state index contributed by atoms with van der Waals surface area (Å²) in [6, 6.07) is 6.26. The summed E-state index contributed by atoms with van der Waals surface area (Å²) in [7, 11) is 3.50. The fourth-order valence-electron chi connectivity index (χ4n) is 3.23. The first-order valence-electron chi connectivity index (χ1n) is 8.80. The van der Waals surface area contributed by atoms with E-state index in [1.165, 1.54) is 0 Å². The van der Waals surface area contributed by atoms with E-state index in [2.05, 4.69) is 18.7 Å². The molecule has 5 nitrogen and oxygen atoms in total. The number of carbonyl (C=O) groups is 1. The zero-order chi connectivity index (χ0) is 17.7. The van der Waals surface area contributed by atoms with E-state index in [0.717, 1.165) is 25.9 Å². The molecule has 0 N–H and O–H groups in total. The van der Waals surface area contributed by atoms with E-state index in [0.29, 0.717) is 35.8 Å². The van der Waals surface area contributed by atoms with E-state index in [4.69, 9.17) is 9.47 Å². The second-order valence-electron chi connectivity index (χ2n) is 6.58. The van der Waals surface area contributed by atoms with Crippen molar-refractivity contribution in [3.05, 3.63) is 23.8 Å². The van der Waals surface area contributed by atoms with Crippen molar-refractivity contribution in [3.63, 3.8) is 0 Å². The SMILES string of the molecule is CCOc1ccc(C(=O)N(C)C2CCN(C(C)C)CC2)cc1OC. The van der Waals surface area contributed by atoms with Gasteiger partial charge < -0.3 is 19.3 Å². The smallest absolute Gasteiger partial charge is 0.253 e. The number of piperidine rings is 1. The van der Waals surface area contributed by atoms with Gasteiger partial charge in [-0.2, -0.15) is 0 Å². The Bertz CT molecular complexity index is 552. The van der Waals surface area contributed by atoms with Crippen molar-refractivity contribution in [1.82, 2.24) is 9.80 Å². The molecule has 24 heavy (non-hydrogen) atoms. The van der Waals surface area contributed by atoms with Crippen LogP contribution in [-0.2, 0) is 0 Å². The number of methoxy groups -OCH3 is 1. The first-order valence-corrected chi connectivity index (χ1v) is 8.80.